The van der Waals surface area contributed by atoms with E-state index in [1.165, 1.54) is 10.6 Å². The molecule has 1 aromatic carbocycles. The number of aryl methyl sites for hydroxylation is 1. The highest BCUT2D eigenvalue weighted by molar-refractivity contribution is 5.78. The lowest BCUT2D eigenvalue weighted by Gasteiger charge is -2.25. The maximum absolute atomic E-state index is 12.6. The highest BCUT2D eigenvalue weighted by atomic mass is 16.6. The van der Waals surface area contributed by atoms with Gasteiger partial charge in [-0.3, -0.25) is 19.7 Å². The molecule has 0 amide bonds. The average Bonchev–Trinajstić information content (AvgIpc) is 2.51. The van der Waals surface area contributed by atoms with Crippen LogP contribution in [0.2, 0.25) is 0 Å². The van der Waals surface area contributed by atoms with E-state index < -0.39 is 16.8 Å². The number of nitro benzene ring substituents is 1. The second-order valence-corrected chi connectivity index (χ2v) is 5.47. The van der Waals surface area contributed by atoms with Crippen LogP contribution in [0.15, 0.2) is 35.1 Å². The van der Waals surface area contributed by atoms with Crippen LogP contribution in [0, 0.1) is 17.0 Å². The number of rotatable bonds is 2. The number of benzene rings is 1. The Bertz CT molecular complexity index is 885. The van der Waals surface area contributed by atoms with Gasteiger partial charge in [0.05, 0.1) is 16.9 Å². The van der Waals surface area contributed by atoms with Crippen molar-refractivity contribution in [2.24, 2.45) is 7.05 Å². The standard InChI is InChI=1S/C16H14N2O5/c1-9-7-13-15(16(20)17(9)2)11(8-14(19)23-13)10-5-3-4-6-12(10)18(21)22/h3-7,11H,8H2,1-2H3/t11-/m0/s1. The van der Waals surface area contributed by atoms with Crippen molar-refractivity contribution in [2.75, 3.05) is 0 Å². The van der Waals surface area contributed by atoms with Crippen LogP contribution in [-0.2, 0) is 11.8 Å². The number of esters is 1. The first-order chi connectivity index (χ1) is 10.9. The smallest absolute Gasteiger partial charge is 0.312 e. The third-order valence-corrected chi connectivity index (χ3v) is 4.12. The summed E-state index contributed by atoms with van der Waals surface area (Å²) in [4.78, 5) is 35.3. The fourth-order valence-corrected chi connectivity index (χ4v) is 2.86. The van der Waals surface area contributed by atoms with Crippen LogP contribution in [0.3, 0.4) is 0 Å². The summed E-state index contributed by atoms with van der Waals surface area (Å²) in [6, 6.07) is 7.76. The summed E-state index contributed by atoms with van der Waals surface area (Å²) in [5, 5.41) is 11.3. The van der Waals surface area contributed by atoms with Crippen molar-refractivity contribution < 1.29 is 14.5 Å². The second kappa shape index (κ2) is 5.35. The van der Waals surface area contributed by atoms with Crippen molar-refractivity contribution >= 4 is 11.7 Å². The Morgan fingerprint density at radius 3 is 2.70 bits per heavy atom. The number of nitro groups is 1. The highest BCUT2D eigenvalue weighted by Crippen LogP contribution is 2.40. The Labute approximate surface area is 131 Å². The first kappa shape index (κ1) is 15.0. The Balaban J connectivity index is 2.29. The first-order valence-electron chi connectivity index (χ1n) is 7.04. The van der Waals surface area contributed by atoms with Crippen LogP contribution >= 0.6 is 0 Å². The molecule has 7 nitrogen and oxygen atoms in total. The molecule has 2 heterocycles. The molecule has 0 saturated heterocycles. The van der Waals surface area contributed by atoms with Crippen LogP contribution < -0.4 is 10.3 Å². The lowest BCUT2D eigenvalue weighted by molar-refractivity contribution is -0.385. The summed E-state index contributed by atoms with van der Waals surface area (Å²) in [5.74, 6) is -1.01. The summed E-state index contributed by atoms with van der Waals surface area (Å²) in [7, 11) is 1.62. The number of aromatic nitrogens is 1. The van der Waals surface area contributed by atoms with E-state index in [4.69, 9.17) is 4.74 Å². The zero-order valence-electron chi connectivity index (χ0n) is 12.6. The minimum absolute atomic E-state index is 0.101. The van der Waals surface area contributed by atoms with Gasteiger partial charge in [-0.1, -0.05) is 18.2 Å². The quantitative estimate of drug-likeness (QED) is 0.480. The Morgan fingerprint density at radius 1 is 1.30 bits per heavy atom. The number of para-hydroxylation sites is 1. The molecule has 0 bridgehead atoms. The van der Waals surface area contributed by atoms with Gasteiger partial charge in [-0.25, -0.2) is 0 Å². The maximum Gasteiger partial charge on any atom is 0.312 e. The van der Waals surface area contributed by atoms with Gasteiger partial charge in [0, 0.05) is 36.4 Å². The Morgan fingerprint density at radius 2 is 2.00 bits per heavy atom. The SMILES string of the molecule is Cc1cc2c(c(=O)n1C)[C@H](c1ccccc1[N+](=O)[O-])CC(=O)O2. The number of pyridine rings is 1. The molecule has 1 atom stereocenters. The third kappa shape index (κ3) is 2.40. The molecular formula is C16H14N2O5. The fourth-order valence-electron chi connectivity index (χ4n) is 2.86. The zero-order valence-corrected chi connectivity index (χ0v) is 12.6. The van der Waals surface area contributed by atoms with Crippen molar-refractivity contribution in [1.29, 1.82) is 0 Å². The van der Waals surface area contributed by atoms with Crippen LogP contribution in [-0.4, -0.2) is 15.5 Å². The van der Waals surface area contributed by atoms with Crippen LogP contribution in [0.4, 0.5) is 5.69 Å². The normalized spacial score (nSPS) is 16.6. The minimum Gasteiger partial charge on any atom is -0.426 e. The summed E-state index contributed by atoms with van der Waals surface area (Å²) >= 11 is 0. The number of hydrogen-bond acceptors (Lipinski definition) is 5. The predicted molar refractivity (Wildman–Crippen MR) is 81.6 cm³/mol. The summed E-state index contributed by atoms with van der Waals surface area (Å²) in [6.45, 7) is 1.73. The number of carbonyl (C=O) groups excluding carboxylic acids is 1. The first-order valence-corrected chi connectivity index (χ1v) is 7.04. The van der Waals surface area contributed by atoms with Crippen LogP contribution in [0.1, 0.15) is 29.2 Å². The number of carbonyl (C=O) groups is 1. The second-order valence-electron chi connectivity index (χ2n) is 5.47. The molecule has 1 aliphatic rings. The monoisotopic (exact) mass is 314 g/mol. The van der Waals surface area contributed by atoms with Crippen molar-refractivity contribution in [3.8, 4) is 5.75 Å². The Hall–Kier alpha value is -2.96. The molecule has 0 aliphatic carbocycles. The van der Waals surface area contributed by atoms with Gasteiger partial charge in [0.2, 0.25) is 0 Å². The largest absolute Gasteiger partial charge is 0.426 e. The maximum atomic E-state index is 12.6. The topological polar surface area (TPSA) is 91.4 Å². The van der Waals surface area contributed by atoms with Gasteiger partial charge in [0.1, 0.15) is 5.75 Å². The number of nitrogens with zero attached hydrogens (tertiary/aromatic N) is 2. The van der Waals surface area contributed by atoms with Crippen molar-refractivity contribution in [1.82, 2.24) is 4.57 Å². The lowest BCUT2D eigenvalue weighted by atomic mass is 9.86. The highest BCUT2D eigenvalue weighted by Gasteiger charge is 2.35. The molecule has 0 spiro atoms. The van der Waals surface area contributed by atoms with Gasteiger partial charge in [-0.2, -0.15) is 0 Å². The molecule has 1 aromatic heterocycles. The molecule has 0 fully saturated rings. The number of ether oxygens (including phenoxy) is 1. The molecular weight excluding hydrogens is 300 g/mol. The molecule has 0 radical (unpaired) electrons. The molecule has 0 N–H and O–H groups in total. The van der Waals surface area contributed by atoms with Gasteiger partial charge in [-0.05, 0) is 6.92 Å². The summed E-state index contributed by atoms with van der Waals surface area (Å²) in [6.07, 6.45) is -0.101. The summed E-state index contributed by atoms with van der Waals surface area (Å²) < 4.78 is 6.62. The molecule has 0 unspecified atom stereocenters. The lowest BCUT2D eigenvalue weighted by Crippen LogP contribution is -2.32. The van der Waals surface area contributed by atoms with Gasteiger partial charge in [-0.15, -0.1) is 0 Å². The number of fused-ring (bicyclic) bond motifs is 1. The van der Waals surface area contributed by atoms with Gasteiger partial charge in [0.25, 0.3) is 11.2 Å². The molecule has 1 aliphatic heterocycles. The van der Waals surface area contributed by atoms with Gasteiger partial charge < -0.3 is 9.30 Å². The van der Waals surface area contributed by atoms with Gasteiger partial charge >= 0.3 is 5.97 Å². The van der Waals surface area contributed by atoms with E-state index in [1.54, 1.807) is 38.2 Å². The fraction of sp³-hybridized carbons (Fsp3) is 0.250. The van der Waals surface area contributed by atoms with E-state index in [1.807, 2.05) is 0 Å². The van der Waals surface area contributed by atoms with E-state index in [2.05, 4.69) is 0 Å². The molecule has 0 saturated carbocycles. The third-order valence-electron chi connectivity index (χ3n) is 4.12. The van der Waals surface area contributed by atoms with Gasteiger partial charge in [0.15, 0.2) is 0 Å². The molecule has 23 heavy (non-hydrogen) atoms. The summed E-state index contributed by atoms with van der Waals surface area (Å²) in [5.41, 5.74) is 0.851. The van der Waals surface area contributed by atoms with E-state index >= 15 is 0 Å². The Kier molecular flexibility index (Phi) is 3.48. The molecule has 7 heteroatoms. The van der Waals surface area contributed by atoms with Crippen molar-refractivity contribution in [3.05, 3.63) is 67.6 Å². The van der Waals surface area contributed by atoms with Crippen LogP contribution in [0.25, 0.3) is 0 Å². The molecule has 118 valence electrons. The number of hydrogen-bond donors (Lipinski definition) is 0. The van der Waals surface area contributed by atoms with E-state index in [0.29, 0.717) is 11.3 Å². The molecule has 3 rings (SSSR count). The van der Waals surface area contributed by atoms with Crippen LogP contribution in [0.5, 0.6) is 5.75 Å². The predicted octanol–water partition coefficient (Wildman–Crippen LogP) is 2.04. The van der Waals surface area contributed by atoms with E-state index in [9.17, 15) is 19.7 Å². The van der Waals surface area contributed by atoms with E-state index in [0.717, 1.165) is 0 Å². The minimum atomic E-state index is -0.688. The zero-order chi connectivity index (χ0) is 16.7. The van der Waals surface area contributed by atoms with Crippen molar-refractivity contribution in [2.45, 2.75) is 19.3 Å². The van der Waals surface area contributed by atoms with E-state index in [-0.39, 0.29) is 29.0 Å². The average molecular weight is 314 g/mol. The van der Waals surface area contributed by atoms with Crippen molar-refractivity contribution in [3.63, 3.8) is 0 Å². The molecule has 2 aromatic rings.